The van der Waals surface area contributed by atoms with Crippen LogP contribution in [0.15, 0.2) is 47.8 Å². The highest BCUT2D eigenvalue weighted by Crippen LogP contribution is 2.21. The summed E-state index contributed by atoms with van der Waals surface area (Å²) >= 11 is 1.33. The lowest BCUT2D eigenvalue weighted by atomic mass is 9.94. The summed E-state index contributed by atoms with van der Waals surface area (Å²) in [5.41, 5.74) is 5.95. The smallest absolute Gasteiger partial charge is 0.273 e. The largest absolute Gasteiger partial charge is 0.279 e. The number of carbonyl (C=O) groups excluding carboxylic acids is 2. The van der Waals surface area contributed by atoms with Gasteiger partial charge in [-0.05, 0) is 23.4 Å². The molecule has 21 heavy (non-hydrogen) atoms. The first-order valence-electron chi connectivity index (χ1n) is 6.91. The van der Waals surface area contributed by atoms with E-state index in [1.165, 1.54) is 11.3 Å². The molecule has 0 fully saturated rings. The average molecular weight is 302 g/mol. The second kappa shape index (κ2) is 7.59. The van der Waals surface area contributed by atoms with Gasteiger partial charge in [-0.2, -0.15) is 0 Å². The van der Waals surface area contributed by atoms with Gasteiger partial charge in [0.2, 0.25) is 5.91 Å². The van der Waals surface area contributed by atoms with Crippen molar-refractivity contribution in [1.82, 2.24) is 10.9 Å². The summed E-state index contributed by atoms with van der Waals surface area (Å²) < 4.78 is 0. The average Bonchev–Trinajstić information content (AvgIpc) is 3.05. The van der Waals surface area contributed by atoms with Crippen LogP contribution in [0, 0.1) is 0 Å². The summed E-state index contributed by atoms with van der Waals surface area (Å²) in [5, 5.41) is 1.82. The van der Waals surface area contributed by atoms with E-state index in [9.17, 15) is 9.59 Å². The predicted octanol–water partition coefficient (Wildman–Crippen LogP) is 3.09. The molecule has 0 bridgehead atoms. The van der Waals surface area contributed by atoms with Crippen molar-refractivity contribution in [2.75, 3.05) is 0 Å². The van der Waals surface area contributed by atoms with Gasteiger partial charge in [0.25, 0.3) is 5.91 Å². The number of hydrazine groups is 1. The zero-order chi connectivity index (χ0) is 15.1. The Morgan fingerprint density at radius 1 is 1.10 bits per heavy atom. The number of thiophene rings is 1. The maximum atomic E-state index is 12.3. The van der Waals surface area contributed by atoms with Crippen molar-refractivity contribution in [2.24, 2.45) is 0 Å². The van der Waals surface area contributed by atoms with Gasteiger partial charge in [-0.25, -0.2) is 0 Å². The Bertz CT molecular complexity index is 582. The fraction of sp³-hybridized carbons (Fsp3) is 0.250. The molecule has 0 unspecified atom stereocenters. The number of hydrogen-bond acceptors (Lipinski definition) is 3. The summed E-state index contributed by atoms with van der Waals surface area (Å²) in [6.07, 6.45) is 1.64. The molecule has 4 nitrogen and oxygen atoms in total. The molecule has 0 aliphatic heterocycles. The van der Waals surface area contributed by atoms with E-state index in [4.69, 9.17) is 0 Å². The van der Waals surface area contributed by atoms with Crippen molar-refractivity contribution in [3.63, 3.8) is 0 Å². The molecule has 1 aromatic heterocycles. The minimum atomic E-state index is -0.290. The van der Waals surface area contributed by atoms with E-state index in [-0.39, 0.29) is 17.7 Å². The molecular formula is C16H18N2O2S. The minimum absolute atomic E-state index is 0.187. The monoisotopic (exact) mass is 302 g/mol. The van der Waals surface area contributed by atoms with Crippen LogP contribution in [0.3, 0.4) is 0 Å². The van der Waals surface area contributed by atoms with Gasteiger partial charge >= 0.3 is 0 Å². The van der Waals surface area contributed by atoms with E-state index in [1.54, 1.807) is 12.1 Å². The molecular weight excluding hydrogens is 284 g/mol. The third-order valence-electron chi connectivity index (χ3n) is 3.14. The van der Waals surface area contributed by atoms with Crippen molar-refractivity contribution < 1.29 is 9.59 Å². The van der Waals surface area contributed by atoms with Crippen LogP contribution >= 0.6 is 11.3 Å². The number of amides is 2. The van der Waals surface area contributed by atoms with E-state index < -0.39 is 0 Å². The Morgan fingerprint density at radius 2 is 1.86 bits per heavy atom. The molecule has 2 N–H and O–H groups in total. The van der Waals surface area contributed by atoms with Crippen molar-refractivity contribution >= 4 is 23.2 Å². The third kappa shape index (κ3) is 4.16. The molecule has 0 spiro atoms. The lowest BCUT2D eigenvalue weighted by Crippen LogP contribution is -2.43. The highest BCUT2D eigenvalue weighted by atomic mass is 32.1. The molecule has 2 rings (SSSR count). The van der Waals surface area contributed by atoms with Crippen molar-refractivity contribution in [2.45, 2.75) is 25.7 Å². The van der Waals surface area contributed by atoms with Gasteiger partial charge in [-0.15, -0.1) is 11.3 Å². The number of benzene rings is 1. The van der Waals surface area contributed by atoms with Crippen LogP contribution in [0.25, 0.3) is 0 Å². The Morgan fingerprint density at radius 3 is 2.48 bits per heavy atom. The van der Waals surface area contributed by atoms with E-state index in [0.29, 0.717) is 4.88 Å². The SMILES string of the molecule is CCC[C@@H](C(=O)NNC(=O)c1cccs1)c1ccccc1. The molecule has 0 radical (unpaired) electrons. The van der Waals surface area contributed by atoms with Crippen LogP contribution in [0.5, 0.6) is 0 Å². The molecule has 110 valence electrons. The minimum Gasteiger partial charge on any atom is -0.273 e. The van der Waals surface area contributed by atoms with Gasteiger partial charge in [0.1, 0.15) is 0 Å². The van der Waals surface area contributed by atoms with Gasteiger partial charge in [-0.1, -0.05) is 49.7 Å². The number of rotatable bonds is 5. The standard InChI is InChI=1S/C16H18N2O2S/c1-2-7-13(12-8-4-3-5-9-12)15(19)17-18-16(20)14-10-6-11-21-14/h3-6,8-11,13H,2,7H2,1H3,(H,17,19)(H,18,20)/t13-/m1/s1. The van der Waals surface area contributed by atoms with Gasteiger partial charge in [-0.3, -0.25) is 20.4 Å². The fourth-order valence-corrected chi connectivity index (χ4v) is 2.72. The second-order valence-electron chi connectivity index (χ2n) is 4.67. The van der Waals surface area contributed by atoms with E-state index in [1.807, 2.05) is 42.6 Å². The molecule has 2 aromatic rings. The fourth-order valence-electron chi connectivity index (χ4n) is 2.10. The highest BCUT2D eigenvalue weighted by molar-refractivity contribution is 7.12. The maximum Gasteiger partial charge on any atom is 0.279 e. The van der Waals surface area contributed by atoms with Crippen LogP contribution in [-0.2, 0) is 4.79 Å². The van der Waals surface area contributed by atoms with Crippen LogP contribution in [0.2, 0.25) is 0 Å². The lowest BCUT2D eigenvalue weighted by molar-refractivity contribution is -0.123. The molecule has 0 aliphatic carbocycles. The highest BCUT2D eigenvalue weighted by Gasteiger charge is 2.20. The normalized spacial score (nSPS) is 11.7. The van der Waals surface area contributed by atoms with Crippen LogP contribution < -0.4 is 10.9 Å². The predicted molar refractivity (Wildman–Crippen MR) is 84.0 cm³/mol. The van der Waals surface area contributed by atoms with Gasteiger partial charge in [0, 0.05) is 0 Å². The summed E-state index contributed by atoms with van der Waals surface area (Å²) in [6.45, 7) is 2.04. The Labute approximate surface area is 128 Å². The Kier molecular flexibility index (Phi) is 5.51. The molecule has 0 aliphatic rings. The number of hydrogen-bond donors (Lipinski definition) is 2. The van der Waals surface area contributed by atoms with Crippen molar-refractivity contribution in [3.05, 3.63) is 58.3 Å². The molecule has 0 saturated heterocycles. The summed E-state index contributed by atoms with van der Waals surface area (Å²) in [7, 11) is 0. The van der Waals surface area contributed by atoms with Crippen molar-refractivity contribution in [1.29, 1.82) is 0 Å². The van der Waals surface area contributed by atoms with Crippen molar-refractivity contribution in [3.8, 4) is 0 Å². The van der Waals surface area contributed by atoms with E-state index >= 15 is 0 Å². The second-order valence-corrected chi connectivity index (χ2v) is 5.62. The summed E-state index contributed by atoms with van der Waals surface area (Å²) in [5.74, 6) is -0.727. The quantitative estimate of drug-likeness (QED) is 0.834. The first-order valence-corrected chi connectivity index (χ1v) is 7.79. The zero-order valence-corrected chi connectivity index (χ0v) is 12.7. The molecule has 1 aromatic carbocycles. The Balaban J connectivity index is 1.98. The molecule has 0 saturated carbocycles. The van der Waals surface area contributed by atoms with Gasteiger partial charge in [0.05, 0.1) is 10.8 Å². The van der Waals surface area contributed by atoms with Gasteiger partial charge < -0.3 is 0 Å². The number of nitrogens with one attached hydrogen (secondary N) is 2. The maximum absolute atomic E-state index is 12.3. The van der Waals surface area contributed by atoms with Gasteiger partial charge in [0.15, 0.2) is 0 Å². The first kappa shape index (κ1) is 15.3. The van der Waals surface area contributed by atoms with Crippen LogP contribution in [0.4, 0.5) is 0 Å². The lowest BCUT2D eigenvalue weighted by Gasteiger charge is -2.16. The zero-order valence-electron chi connectivity index (χ0n) is 11.8. The van der Waals surface area contributed by atoms with E-state index in [2.05, 4.69) is 10.9 Å². The Hall–Kier alpha value is -2.14. The summed E-state index contributed by atoms with van der Waals surface area (Å²) in [4.78, 5) is 24.7. The van der Waals surface area contributed by atoms with Crippen LogP contribution in [-0.4, -0.2) is 11.8 Å². The third-order valence-corrected chi connectivity index (χ3v) is 4.01. The molecule has 2 amide bonds. The van der Waals surface area contributed by atoms with E-state index in [0.717, 1.165) is 18.4 Å². The van der Waals surface area contributed by atoms with Crippen LogP contribution in [0.1, 0.15) is 40.9 Å². The first-order chi connectivity index (χ1) is 10.2. The summed E-state index contributed by atoms with van der Waals surface area (Å²) in [6, 6.07) is 13.1. The molecule has 1 atom stereocenters. The molecule has 1 heterocycles. The molecule has 5 heteroatoms. The number of carbonyl (C=O) groups is 2. The topological polar surface area (TPSA) is 58.2 Å².